The Labute approximate surface area is 87.9 Å². The van der Waals surface area contributed by atoms with Crippen LogP contribution in [0.15, 0.2) is 21.5 Å². The van der Waals surface area contributed by atoms with Crippen molar-refractivity contribution in [2.24, 2.45) is 0 Å². The van der Waals surface area contributed by atoms with E-state index in [4.69, 9.17) is 0 Å². The molecule has 2 heteroatoms. The van der Waals surface area contributed by atoms with Crippen LogP contribution in [0.25, 0.3) is 0 Å². The third-order valence-electron chi connectivity index (χ3n) is 1.97. The molecular formula is C10H13BrS. The van der Waals surface area contributed by atoms with Crippen LogP contribution in [0.4, 0.5) is 0 Å². The topological polar surface area (TPSA) is 0 Å². The van der Waals surface area contributed by atoms with Crippen molar-refractivity contribution >= 4 is 28.6 Å². The molecule has 0 unspecified atom stereocenters. The fraction of sp³-hybridized carbons (Fsp3) is 0.400. The van der Waals surface area contributed by atoms with Gasteiger partial charge in [0.25, 0.3) is 0 Å². The molecule has 0 nitrogen and oxygen atoms in total. The maximum absolute atomic E-state index is 4.36. The Balaban J connectivity index is 3.22. The Morgan fingerprint density at radius 1 is 1.17 bits per heavy atom. The molecule has 1 rings (SSSR count). The van der Waals surface area contributed by atoms with Gasteiger partial charge < -0.3 is 0 Å². The Hall–Kier alpha value is 0.0500. The highest BCUT2D eigenvalue weighted by Gasteiger charge is 2.03. The minimum absolute atomic E-state index is 1.06. The molecule has 66 valence electrons. The van der Waals surface area contributed by atoms with Crippen molar-refractivity contribution in [1.29, 1.82) is 0 Å². The Morgan fingerprint density at radius 3 is 1.92 bits per heavy atom. The molecule has 0 heterocycles. The van der Waals surface area contributed by atoms with Gasteiger partial charge >= 0.3 is 0 Å². The van der Waals surface area contributed by atoms with Crippen LogP contribution in [-0.4, -0.2) is 0 Å². The molecular weight excluding hydrogens is 232 g/mol. The molecule has 0 aliphatic rings. The molecule has 0 aromatic heterocycles. The van der Waals surface area contributed by atoms with Gasteiger partial charge in [0.1, 0.15) is 0 Å². The number of halogens is 1. The smallest absolute Gasteiger partial charge is 0.0239 e. The van der Waals surface area contributed by atoms with Crippen molar-refractivity contribution in [2.45, 2.75) is 31.6 Å². The molecule has 0 aliphatic carbocycles. The summed E-state index contributed by atoms with van der Waals surface area (Å²) in [4.78, 5) is 1.06. The average molecular weight is 245 g/mol. The minimum atomic E-state index is 1.06. The number of rotatable bonds is 2. The number of hydrogen-bond acceptors (Lipinski definition) is 1. The first-order valence-electron chi connectivity index (χ1n) is 4.19. The first kappa shape index (κ1) is 10.1. The second-order valence-electron chi connectivity index (χ2n) is 2.79. The van der Waals surface area contributed by atoms with Gasteiger partial charge in [-0.1, -0.05) is 29.8 Å². The molecule has 1 aromatic rings. The normalized spacial score (nSPS) is 10.3. The van der Waals surface area contributed by atoms with Crippen molar-refractivity contribution < 1.29 is 0 Å². The van der Waals surface area contributed by atoms with Gasteiger partial charge in [-0.15, -0.1) is 12.6 Å². The van der Waals surface area contributed by atoms with E-state index in [1.54, 1.807) is 0 Å². The van der Waals surface area contributed by atoms with Crippen LogP contribution in [0.1, 0.15) is 25.0 Å². The molecule has 0 spiro atoms. The molecule has 0 saturated heterocycles. The summed E-state index contributed by atoms with van der Waals surface area (Å²) < 4.78 is 1.25. The lowest BCUT2D eigenvalue weighted by atomic mass is 10.1. The van der Waals surface area contributed by atoms with Crippen LogP contribution in [0.3, 0.4) is 0 Å². The second-order valence-corrected chi connectivity index (χ2v) is 4.09. The zero-order valence-corrected chi connectivity index (χ0v) is 9.87. The summed E-state index contributed by atoms with van der Waals surface area (Å²) in [5.74, 6) is 0. The van der Waals surface area contributed by atoms with Crippen molar-refractivity contribution in [2.75, 3.05) is 0 Å². The van der Waals surface area contributed by atoms with E-state index in [0.717, 1.165) is 17.7 Å². The SMILES string of the molecule is CCc1cc(S)cc(CC)c1Br. The van der Waals surface area contributed by atoms with Crippen LogP contribution >= 0.6 is 28.6 Å². The Morgan fingerprint density at radius 2 is 1.58 bits per heavy atom. The number of thiol groups is 1. The standard InChI is InChI=1S/C10H13BrS/c1-3-7-5-9(12)6-8(4-2)10(7)11/h5-6,12H,3-4H2,1-2H3. The first-order valence-corrected chi connectivity index (χ1v) is 5.43. The largest absolute Gasteiger partial charge is 0.143 e. The summed E-state index contributed by atoms with van der Waals surface area (Å²) in [6, 6.07) is 4.23. The van der Waals surface area contributed by atoms with Gasteiger partial charge in [0.2, 0.25) is 0 Å². The Kier molecular flexibility index (Phi) is 3.66. The van der Waals surface area contributed by atoms with Gasteiger partial charge in [0.15, 0.2) is 0 Å². The van der Waals surface area contributed by atoms with E-state index in [2.05, 4.69) is 54.5 Å². The lowest BCUT2D eigenvalue weighted by Crippen LogP contribution is -1.90. The molecule has 0 aliphatic heterocycles. The third kappa shape index (κ3) is 2.05. The lowest BCUT2D eigenvalue weighted by molar-refractivity contribution is 1.05. The maximum Gasteiger partial charge on any atom is 0.0239 e. The molecule has 0 amide bonds. The third-order valence-corrected chi connectivity index (χ3v) is 3.25. The van der Waals surface area contributed by atoms with Crippen molar-refractivity contribution in [3.8, 4) is 0 Å². The van der Waals surface area contributed by atoms with Gasteiger partial charge in [-0.25, -0.2) is 0 Å². The first-order chi connectivity index (χ1) is 5.69. The van der Waals surface area contributed by atoms with E-state index in [9.17, 15) is 0 Å². The van der Waals surface area contributed by atoms with E-state index < -0.39 is 0 Å². The Bertz CT molecular complexity index is 256. The summed E-state index contributed by atoms with van der Waals surface area (Å²) in [5, 5.41) is 0. The monoisotopic (exact) mass is 244 g/mol. The van der Waals surface area contributed by atoms with Gasteiger partial charge in [-0.3, -0.25) is 0 Å². The quantitative estimate of drug-likeness (QED) is 0.751. The second kappa shape index (κ2) is 4.33. The van der Waals surface area contributed by atoms with Crippen molar-refractivity contribution in [3.05, 3.63) is 27.7 Å². The van der Waals surface area contributed by atoms with Crippen LogP contribution in [0.2, 0.25) is 0 Å². The van der Waals surface area contributed by atoms with Gasteiger partial charge in [-0.05, 0) is 36.1 Å². The molecule has 1 aromatic carbocycles. The molecule has 0 radical (unpaired) electrons. The van der Waals surface area contributed by atoms with Crippen LogP contribution < -0.4 is 0 Å². The van der Waals surface area contributed by atoms with Crippen LogP contribution in [-0.2, 0) is 12.8 Å². The maximum atomic E-state index is 4.36. The molecule has 0 bridgehead atoms. The van der Waals surface area contributed by atoms with Crippen LogP contribution in [0, 0.1) is 0 Å². The van der Waals surface area contributed by atoms with Crippen molar-refractivity contribution in [3.63, 3.8) is 0 Å². The molecule has 0 N–H and O–H groups in total. The predicted molar refractivity (Wildman–Crippen MR) is 60.2 cm³/mol. The zero-order valence-electron chi connectivity index (χ0n) is 7.39. The highest BCUT2D eigenvalue weighted by atomic mass is 79.9. The van der Waals surface area contributed by atoms with E-state index in [1.165, 1.54) is 15.6 Å². The van der Waals surface area contributed by atoms with E-state index in [0.29, 0.717) is 0 Å². The van der Waals surface area contributed by atoms with Crippen molar-refractivity contribution in [1.82, 2.24) is 0 Å². The molecule has 0 fully saturated rings. The number of aryl methyl sites for hydroxylation is 2. The molecule has 0 atom stereocenters. The predicted octanol–water partition coefficient (Wildman–Crippen LogP) is 3.86. The summed E-state index contributed by atoms with van der Waals surface area (Å²) in [7, 11) is 0. The molecule has 12 heavy (non-hydrogen) atoms. The summed E-state index contributed by atoms with van der Waals surface area (Å²) in [6.45, 7) is 4.32. The summed E-state index contributed by atoms with van der Waals surface area (Å²) >= 11 is 7.96. The van der Waals surface area contributed by atoms with E-state index >= 15 is 0 Å². The number of benzene rings is 1. The molecule has 0 saturated carbocycles. The average Bonchev–Trinajstić information content (AvgIpc) is 2.08. The fourth-order valence-corrected chi connectivity index (χ4v) is 2.35. The fourth-order valence-electron chi connectivity index (χ4n) is 1.25. The highest BCUT2D eigenvalue weighted by molar-refractivity contribution is 9.10. The zero-order chi connectivity index (χ0) is 9.14. The summed E-state index contributed by atoms with van der Waals surface area (Å²) in [6.07, 6.45) is 2.12. The highest BCUT2D eigenvalue weighted by Crippen LogP contribution is 2.26. The van der Waals surface area contributed by atoms with Gasteiger partial charge in [0.05, 0.1) is 0 Å². The van der Waals surface area contributed by atoms with Gasteiger partial charge in [-0.2, -0.15) is 0 Å². The summed E-state index contributed by atoms with van der Waals surface area (Å²) in [5.41, 5.74) is 2.69. The minimum Gasteiger partial charge on any atom is -0.143 e. The van der Waals surface area contributed by atoms with E-state index in [-0.39, 0.29) is 0 Å². The van der Waals surface area contributed by atoms with Gasteiger partial charge in [0, 0.05) is 9.37 Å². The van der Waals surface area contributed by atoms with E-state index in [1.807, 2.05) is 0 Å². The number of hydrogen-bond donors (Lipinski definition) is 1. The van der Waals surface area contributed by atoms with Crippen LogP contribution in [0.5, 0.6) is 0 Å². The lowest BCUT2D eigenvalue weighted by Gasteiger charge is -2.07.